The van der Waals surface area contributed by atoms with E-state index >= 15 is 0 Å². The number of carbonyl (C=O) groups is 1. The van der Waals surface area contributed by atoms with Crippen molar-refractivity contribution in [3.8, 4) is 0 Å². The van der Waals surface area contributed by atoms with Gasteiger partial charge in [0.05, 0.1) is 6.54 Å². The lowest BCUT2D eigenvalue weighted by Crippen LogP contribution is -2.41. The van der Waals surface area contributed by atoms with Gasteiger partial charge in [-0.1, -0.05) is 0 Å². The monoisotopic (exact) mass is 211 g/mol. The van der Waals surface area contributed by atoms with E-state index in [9.17, 15) is 4.79 Å². The number of rotatable bonds is 2. The summed E-state index contributed by atoms with van der Waals surface area (Å²) in [6.07, 6.45) is 3.65. The fourth-order valence-electron chi connectivity index (χ4n) is 2.43. The van der Waals surface area contributed by atoms with Crippen molar-refractivity contribution < 1.29 is 4.79 Å². The van der Waals surface area contributed by atoms with Gasteiger partial charge in [-0.15, -0.1) is 0 Å². The predicted octanol–water partition coefficient (Wildman–Crippen LogP) is -0.0975. The number of amides is 1. The minimum atomic E-state index is 0.269. The van der Waals surface area contributed by atoms with Crippen molar-refractivity contribution in [3.05, 3.63) is 0 Å². The van der Waals surface area contributed by atoms with E-state index in [0.717, 1.165) is 32.6 Å². The third-order valence-electron chi connectivity index (χ3n) is 3.39. The van der Waals surface area contributed by atoms with Crippen LogP contribution in [0.25, 0.3) is 0 Å². The van der Waals surface area contributed by atoms with Gasteiger partial charge in [-0.25, -0.2) is 0 Å². The SMILES string of the molecule is CN1CCCN(C[C@H]2CCCN2)CC1=O. The van der Waals surface area contributed by atoms with Crippen molar-refractivity contribution in [2.24, 2.45) is 0 Å². The number of hydrogen-bond donors (Lipinski definition) is 1. The zero-order chi connectivity index (χ0) is 10.7. The summed E-state index contributed by atoms with van der Waals surface area (Å²) in [7, 11) is 1.90. The molecule has 0 bridgehead atoms. The second-order valence-corrected chi connectivity index (χ2v) is 4.70. The Kier molecular flexibility index (Phi) is 3.59. The molecule has 86 valence electrons. The molecule has 0 spiro atoms. The zero-order valence-electron chi connectivity index (χ0n) is 9.54. The fraction of sp³-hybridized carbons (Fsp3) is 0.909. The molecule has 15 heavy (non-hydrogen) atoms. The Bertz CT molecular complexity index is 226. The van der Waals surface area contributed by atoms with E-state index in [2.05, 4.69) is 10.2 Å². The van der Waals surface area contributed by atoms with Gasteiger partial charge < -0.3 is 10.2 Å². The molecule has 1 N–H and O–H groups in total. The van der Waals surface area contributed by atoms with E-state index < -0.39 is 0 Å². The van der Waals surface area contributed by atoms with Crippen LogP contribution in [0.2, 0.25) is 0 Å². The smallest absolute Gasteiger partial charge is 0.236 e. The molecule has 1 atom stereocenters. The van der Waals surface area contributed by atoms with Gasteiger partial charge in [-0.3, -0.25) is 9.69 Å². The third-order valence-corrected chi connectivity index (χ3v) is 3.39. The predicted molar refractivity (Wildman–Crippen MR) is 59.7 cm³/mol. The average Bonchev–Trinajstić information content (AvgIpc) is 2.64. The topological polar surface area (TPSA) is 35.6 Å². The first-order valence-corrected chi connectivity index (χ1v) is 5.95. The Balaban J connectivity index is 1.83. The fourth-order valence-corrected chi connectivity index (χ4v) is 2.43. The molecule has 2 saturated heterocycles. The highest BCUT2D eigenvalue weighted by molar-refractivity contribution is 5.78. The van der Waals surface area contributed by atoms with E-state index in [1.807, 2.05) is 11.9 Å². The van der Waals surface area contributed by atoms with Crippen LogP contribution in [0.1, 0.15) is 19.3 Å². The van der Waals surface area contributed by atoms with Gasteiger partial charge in [0.15, 0.2) is 0 Å². The van der Waals surface area contributed by atoms with Crippen LogP contribution in [-0.4, -0.2) is 61.5 Å². The van der Waals surface area contributed by atoms with Gasteiger partial charge in [0.25, 0.3) is 0 Å². The van der Waals surface area contributed by atoms with Crippen LogP contribution in [0.4, 0.5) is 0 Å². The number of likely N-dealkylation sites (N-methyl/N-ethyl adjacent to an activating group) is 1. The summed E-state index contributed by atoms with van der Waals surface area (Å²) in [5.74, 6) is 0.269. The van der Waals surface area contributed by atoms with Crippen molar-refractivity contribution in [2.45, 2.75) is 25.3 Å². The Morgan fingerprint density at radius 2 is 2.27 bits per heavy atom. The van der Waals surface area contributed by atoms with Crippen LogP contribution in [0.3, 0.4) is 0 Å². The maximum absolute atomic E-state index is 11.7. The lowest BCUT2D eigenvalue weighted by Gasteiger charge is -2.22. The van der Waals surface area contributed by atoms with Crippen molar-refractivity contribution in [2.75, 3.05) is 39.8 Å². The molecule has 1 amide bonds. The van der Waals surface area contributed by atoms with Crippen molar-refractivity contribution in [1.29, 1.82) is 0 Å². The summed E-state index contributed by atoms with van der Waals surface area (Å²) in [5, 5.41) is 3.48. The molecule has 0 aromatic heterocycles. The molecule has 2 rings (SSSR count). The molecular formula is C11H21N3O. The standard InChI is InChI=1S/C11H21N3O/c1-13-6-3-7-14(9-11(13)15)8-10-4-2-5-12-10/h10,12H,2-9H2,1H3/t10-/m1/s1. The zero-order valence-corrected chi connectivity index (χ0v) is 9.54. The largest absolute Gasteiger partial charge is 0.345 e. The molecule has 2 aliphatic rings. The third kappa shape index (κ3) is 2.92. The number of nitrogens with one attached hydrogen (secondary N) is 1. The highest BCUT2D eigenvalue weighted by atomic mass is 16.2. The van der Waals surface area contributed by atoms with Crippen molar-refractivity contribution in [1.82, 2.24) is 15.1 Å². The van der Waals surface area contributed by atoms with Gasteiger partial charge in [0.2, 0.25) is 5.91 Å². The van der Waals surface area contributed by atoms with Gasteiger partial charge in [-0.05, 0) is 25.8 Å². The Morgan fingerprint density at radius 3 is 3.00 bits per heavy atom. The van der Waals surface area contributed by atoms with E-state index in [1.54, 1.807) is 0 Å². The lowest BCUT2D eigenvalue weighted by molar-refractivity contribution is -0.129. The molecule has 2 fully saturated rings. The molecule has 2 heterocycles. The van der Waals surface area contributed by atoms with Gasteiger partial charge in [-0.2, -0.15) is 0 Å². The van der Waals surface area contributed by atoms with Gasteiger partial charge in [0, 0.05) is 32.7 Å². The van der Waals surface area contributed by atoms with Crippen molar-refractivity contribution >= 4 is 5.91 Å². The highest BCUT2D eigenvalue weighted by Gasteiger charge is 2.22. The molecule has 0 aromatic carbocycles. The second kappa shape index (κ2) is 4.94. The maximum Gasteiger partial charge on any atom is 0.236 e. The first-order valence-electron chi connectivity index (χ1n) is 5.95. The van der Waals surface area contributed by atoms with Crippen LogP contribution >= 0.6 is 0 Å². The maximum atomic E-state index is 11.7. The highest BCUT2D eigenvalue weighted by Crippen LogP contribution is 2.09. The summed E-state index contributed by atoms with van der Waals surface area (Å²) in [6, 6.07) is 0.612. The minimum absolute atomic E-state index is 0.269. The molecule has 0 aliphatic carbocycles. The Hall–Kier alpha value is -0.610. The normalized spacial score (nSPS) is 29.5. The molecule has 2 aliphatic heterocycles. The molecule has 0 radical (unpaired) electrons. The summed E-state index contributed by atoms with van der Waals surface area (Å²) in [6.45, 7) is 4.77. The molecule has 4 heteroatoms. The van der Waals surface area contributed by atoms with E-state index in [-0.39, 0.29) is 5.91 Å². The molecule has 0 aromatic rings. The number of hydrogen-bond acceptors (Lipinski definition) is 3. The minimum Gasteiger partial charge on any atom is -0.345 e. The summed E-state index contributed by atoms with van der Waals surface area (Å²) >= 11 is 0. The van der Waals surface area contributed by atoms with E-state index in [1.165, 1.54) is 12.8 Å². The van der Waals surface area contributed by atoms with Crippen LogP contribution < -0.4 is 5.32 Å². The number of nitrogens with zero attached hydrogens (tertiary/aromatic N) is 2. The molecule has 4 nitrogen and oxygen atoms in total. The van der Waals surface area contributed by atoms with Crippen LogP contribution in [0, 0.1) is 0 Å². The lowest BCUT2D eigenvalue weighted by atomic mass is 10.2. The van der Waals surface area contributed by atoms with Crippen LogP contribution in [0.15, 0.2) is 0 Å². The Morgan fingerprint density at radius 1 is 1.40 bits per heavy atom. The van der Waals surface area contributed by atoms with Crippen LogP contribution in [-0.2, 0) is 4.79 Å². The molecule has 0 unspecified atom stereocenters. The summed E-state index contributed by atoms with van der Waals surface area (Å²) < 4.78 is 0. The quantitative estimate of drug-likeness (QED) is 0.693. The second-order valence-electron chi connectivity index (χ2n) is 4.70. The summed E-state index contributed by atoms with van der Waals surface area (Å²) in [5.41, 5.74) is 0. The number of carbonyl (C=O) groups excluding carboxylic acids is 1. The van der Waals surface area contributed by atoms with Gasteiger partial charge in [0.1, 0.15) is 0 Å². The molecular weight excluding hydrogens is 190 g/mol. The van der Waals surface area contributed by atoms with Crippen LogP contribution in [0.5, 0.6) is 0 Å². The molecule has 0 saturated carbocycles. The van der Waals surface area contributed by atoms with E-state index in [0.29, 0.717) is 12.6 Å². The summed E-state index contributed by atoms with van der Waals surface area (Å²) in [4.78, 5) is 15.8. The van der Waals surface area contributed by atoms with Gasteiger partial charge >= 0.3 is 0 Å². The first kappa shape index (κ1) is 10.9. The Labute approximate surface area is 91.6 Å². The first-order chi connectivity index (χ1) is 7.25. The average molecular weight is 211 g/mol. The van der Waals surface area contributed by atoms with E-state index in [4.69, 9.17) is 0 Å². The van der Waals surface area contributed by atoms with Crippen molar-refractivity contribution in [3.63, 3.8) is 0 Å².